The molecule has 2 heterocycles. The molecule has 3 rings (SSSR count). The van der Waals surface area contributed by atoms with Crippen molar-refractivity contribution in [3.8, 4) is 17.0 Å². The minimum Gasteiger partial charge on any atom is -0.489 e. The van der Waals surface area contributed by atoms with Crippen LogP contribution in [0.2, 0.25) is 5.02 Å². The van der Waals surface area contributed by atoms with E-state index in [0.717, 1.165) is 60.5 Å². The quantitative estimate of drug-likeness (QED) is 0.784. The average molecular weight is 381 g/mol. The highest BCUT2D eigenvalue weighted by Gasteiger charge is 2.21. The third-order valence-corrected chi connectivity index (χ3v) is 5.52. The summed E-state index contributed by atoms with van der Waals surface area (Å²) in [7, 11) is 2.06. The first kappa shape index (κ1) is 18.3. The Balaban J connectivity index is 1.76. The van der Waals surface area contributed by atoms with E-state index in [-0.39, 0.29) is 0 Å². The molecular formula is C18H25ClN4OS. The maximum Gasteiger partial charge on any atom is 0.183 e. The van der Waals surface area contributed by atoms with Crippen molar-refractivity contribution >= 4 is 33.8 Å². The Hall–Kier alpha value is -1.50. The van der Waals surface area contributed by atoms with E-state index in [1.165, 1.54) is 0 Å². The van der Waals surface area contributed by atoms with Gasteiger partial charge >= 0.3 is 0 Å². The van der Waals surface area contributed by atoms with Crippen molar-refractivity contribution in [2.24, 2.45) is 0 Å². The number of benzene rings is 1. The van der Waals surface area contributed by atoms with Crippen LogP contribution < -0.4 is 15.0 Å². The van der Waals surface area contributed by atoms with Crippen LogP contribution in [0.15, 0.2) is 17.5 Å². The molecule has 0 aliphatic carbocycles. The molecule has 7 heteroatoms. The molecule has 0 saturated heterocycles. The van der Waals surface area contributed by atoms with E-state index in [0.29, 0.717) is 11.6 Å². The maximum absolute atomic E-state index is 6.33. The highest BCUT2D eigenvalue weighted by Crippen LogP contribution is 2.43. The minimum absolute atomic E-state index is 0.678. The molecule has 1 aliphatic heterocycles. The number of hydrogen-bond acceptors (Lipinski definition) is 6. The van der Waals surface area contributed by atoms with Crippen LogP contribution in [0.25, 0.3) is 11.3 Å². The van der Waals surface area contributed by atoms with E-state index in [2.05, 4.69) is 41.4 Å². The summed E-state index contributed by atoms with van der Waals surface area (Å²) in [5.74, 6) is 0.873. The van der Waals surface area contributed by atoms with Crippen LogP contribution in [0.4, 0.5) is 10.8 Å². The molecule has 136 valence electrons. The fourth-order valence-electron chi connectivity index (χ4n) is 2.95. The van der Waals surface area contributed by atoms with Gasteiger partial charge in [-0.1, -0.05) is 25.4 Å². The third-order valence-electron chi connectivity index (χ3n) is 4.50. The van der Waals surface area contributed by atoms with Gasteiger partial charge in [0.1, 0.15) is 6.61 Å². The largest absolute Gasteiger partial charge is 0.489 e. The molecule has 1 aromatic carbocycles. The van der Waals surface area contributed by atoms with E-state index in [1.54, 1.807) is 11.3 Å². The zero-order chi connectivity index (χ0) is 17.8. The number of anilines is 2. The van der Waals surface area contributed by atoms with Crippen LogP contribution in [0, 0.1) is 0 Å². The van der Waals surface area contributed by atoms with E-state index in [9.17, 15) is 0 Å². The van der Waals surface area contributed by atoms with Crippen LogP contribution in [-0.2, 0) is 0 Å². The number of ether oxygens (including phenoxy) is 1. The van der Waals surface area contributed by atoms with Crippen LogP contribution in [0.3, 0.4) is 0 Å². The number of nitrogens with one attached hydrogen (secondary N) is 1. The summed E-state index contributed by atoms with van der Waals surface area (Å²) in [6.07, 6.45) is 0. The van der Waals surface area contributed by atoms with Gasteiger partial charge in [0.05, 0.1) is 17.9 Å². The van der Waals surface area contributed by atoms with Crippen molar-refractivity contribution in [2.45, 2.75) is 13.8 Å². The topological polar surface area (TPSA) is 40.6 Å². The lowest BCUT2D eigenvalue weighted by molar-refractivity contribution is 0.312. The second kappa shape index (κ2) is 8.25. The molecule has 0 amide bonds. The van der Waals surface area contributed by atoms with Gasteiger partial charge in [-0.05, 0) is 25.2 Å². The third kappa shape index (κ3) is 4.19. The first-order valence-corrected chi connectivity index (χ1v) is 9.97. The summed E-state index contributed by atoms with van der Waals surface area (Å²) in [6, 6.07) is 3.89. The molecule has 1 aliphatic rings. The second-order valence-corrected chi connectivity index (χ2v) is 7.36. The Morgan fingerprint density at radius 2 is 2.16 bits per heavy atom. The first-order chi connectivity index (χ1) is 12.1. The van der Waals surface area contributed by atoms with Crippen LogP contribution >= 0.6 is 22.9 Å². The molecule has 5 nitrogen and oxygen atoms in total. The molecular weight excluding hydrogens is 356 g/mol. The fraction of sp³-hybridized carbons (Fsp3) is 0.500. The van der Waals surface area contributed by atoms with Crippen molar-refractivity contribution in [2.75, 3.05) is 56.6 Å². The average Bonchev–Trinajstić information content (AvgIpc) is 3.08. The Kier molecular flexibility index (Phi) is 6.04. The lowest BCUT2D eigenvalue weighted by atomic mass is 10.1. The molecule has 0 spiro atoms. The van der Waals surface area contributed by atoms with Crippen LogP contribution in [-0.4, -0.2) is 56.3 Å². The number of hydrogen-bond donors (Lipinski definition) is 1. The number of likely N-dealkylation sites (N-methyl/N-ethyl adjacent to an activating group) is 2. The Morgan fingerprint density at radius 3 is 2.92 bits per heavy atom. The van der Waals surface area contributed by atoms with Crippen molar-refractivity contribution in [3.05, 3.63) is 22.5 Å². The molecule has 25 heavy (non-hydrogen) atoms. The number of rotatable bonds is 7. The van der Waals surface area contributed by atoms with Gasteiger partial charge < -0.3 is 19.9 Å². The van der Waals surface area contributed by atoms with Gasteiger partial charge in [0.25, 0.3) is 0 Å². The number of fused-ring (bicyclic) bond motifs is 1. The summed E-state index contributed by atoms with van der Waals surface area (Å²) in [6.45, 7) is 9.96. The normalized spacial score (nSPS) is 13.7. The first-order valence-electron chi connectivity index (χ1n) is 8.72. The monoisotopic (exact) mass is 380 g/mol. The molecule has 0 radical (unpaired) electrons. The number of nitrogens with zero attached hydrogens (tertiary/aromatic N) is 3. The Labute approximate surface area is 158 Å². The minimum atomic E-state index is 0.678. The van der Waals surface area contributed by atoms with Crippen molar-refractivity contribution < 1.29 is 4.74 Å². The van der Waals surface area contributed by atoms with Crippen molar-refractivity contribution in [1.29, 1.82) is 0 Å². The molecule has 1 aromatic heterocycles. The van der Waals surface area contributed by atoms with E-state index in [1.807, 2.05) is 12.1 Å². The van der Waals surface area contributed by atoms with E-state index >= 15 is 0 Å². The van der Waals surface area contributed by atoms with Gasteiger partial charge in [0.2, 0.25) is 0 Å². The van der Waals surface area contributed by atoms with E-state index < -0.39 is 0 Å². The predicted octanol–water partition coefficient (Wildman–Crippen LogP) is 4.05. The molecule has 0 fully saturated rings. The summed E-state index contributed by atoms with van der Waals surface area (Å²) in [5, 5.41) is 7.11. The number of halogens is 1. The van der Waals surface area contributed by atoms with E-state index in [4.69, 9.17) is 21.3 Å². The molecule has 0 saturated carbocycles. The van der Waals surface area contributed by atoms with Crippen molar-refractivity contribution in [1.82, 2.24) is 9.88 Å². The SMILES string of the molecule is CCN(CC)CCNc1nc(-c2cc(Cl)cc3c2OCCN3C)cs1. The summed E-state index contributed by atoms with van der Waals surface area (Å²) < 4.78 is 5.92. The zero-order valence-electron chi connectivity index (χ0n) is 15.0. The predicted molar refractivity (Wildman–Crippen MR) is 108 cm³/mol. The standard InChI is InChI=1S/C18H25ClN4OS/c1-4-23(5-2)7-6-20-18-21-15(12-25-18)14-10-13(19)11-16-17(14)24-9-8-22(16)3/h10-12H,4-9H2,1-3H3,(H,20,21). The smallest absolute Gasteiger partial charge is 0.183 e. The maximum atomic E-state index is 6.33. The van der Waals surface area contributed by atoms with Gasteiger partial charge in [0.15, 0.2) is 10.9 Å². The number of aromatic nitrogens is 1. The molecule has 1 N–H and O–H groups in total. The van der Waals surface area contributed by atoms with Gasteiger partial charge in [-0.15, -0.1) is 11.3 Å². The lowest BCUT2D eigenvalue weighted by Crippen LogP contribution is -2.29. The Morgan fingerprint density at radius 1 is 1.36 bits per heavy atom. The van der Waals surface area contributed by atoms with Crippen LogP contribution in [0.1, 0.15) is 13.8 Å². The number of thiazole rings is 1. The van der Waals surface area contributed by atoms with Crippen molar-refractivity contribution in [3.63, 3.8) is 0 Å². The van der Waals surface area contributed by atoms with Gasteiger partial charge in [-0.2, -0.15) is 0 Å². The molecule has 0 atom stereocenters. The molecule has 2 aromatic rings. The highest BCUT2D eigenvalue weighted by molar-refractivity contribution is 7.14. The molecule has 0 unspecified atom stereocenters. The highest BCUT2D eigenvalue weighted by atomic mass is 35.5. The van der Waals surface area contributed by atoms with Gasteiger partial charge in [0, 0.05) is 36.1 Å². The fourth-order valence-corrected chi connectivity index (χ4v) is 3.90. The van der Waals surface area contributed by atoms with Gasteiger partial charge in [-0.25, -0.2) is 4.98 Å². The van der Waals surface area contributed by atoms with Crippen LogP contribution in [0.5, 0.6) is 5.75 Å². The summed E-state index contributed by atoms with van der Waals surface area (Å²) in [4.78, 5) is 9.29. The molecule has 0 bridgehead atoms. The summed E-state index contributed by atoms with van der Waals surface area (Å²) >= 11 is 7.94. The van der Waals surface area contributed by atoms with Gasteiger partial charge in [-0.3, -0.25) is 0 Å². The Bertz CT molecular complexity index is 717. The lowest BCUT2D eigenvalue weighted by Gasteiger charge is -2.29. The summed E-state index contributed by atoms with van der Waals surface area (Å²) in [5.41, 5.74) is 2.89. The second-order valence-electron chi connectivity index (χ2n) is 6.06. The zero-order valence-corrected chi connectivity index (χ0v) is 16.6.